The highest BCUT2D eigenvalue weighted by Crippen LogP contribution is 2.22. The van der Waals surface area contributed by atoms with Gasteiger partial charge in [0.2, 0.25) is 0 Å². The second kappa shape index (κ2) is 8.04. The van der Waals surface area contributed by atoms with Crippen LogP contribution in [0.4, 0.5) is 13.2 Å². The zero-order valence-electron chi connectivity index (χ0n) is 11.1. The molecule has 1 aliphatic heterocycles. The molecule has 0 aliphatic carbocycles. The third-order valence-electron chi connectivity index (χ3n) is 3.42. The summed E-state index contributed by atoms with van der Waals surface area (Å²) in [6, 6.07) is -0.148. The van der Waals surface area contributed by atoms with Gasteiger partial charge in [0.05, 0.1) is 6.54 Å². The van der Waals surface area contributed by atoms with Crippen molar-refractivity contribution in [2.75, 3.05) is 39.3 Å². The van der Waals surface area contributed by atoms with Crippen LogP contribution in [0, 0.1) is 5.92 Å². The molecular formula is C12H24F3N3O. The maximum atomic E-state index is 12.2. The van der Waals surface area contributed by atoms with Gasteiger partial charge in [-0.1, -0.05) is 0 Å². The van der Waals surface area contributed by atoms with Crippen LogP contribution in [-0.2, 0) is 0 Å². The normalized spacial score (nSPS) is 25.7. The molecule has 0 amide bonds. The summed E-state index contributed by atoms with van der Waals surface area (Å²) < 4.78 is 36.7. The van der Waals surface area contributed by atoms with Crippen LogP contribution in [0.5, 0.6) is 0 Å². The van der Waals surface area contributed by atoms with Crippen molar-refractivity contribution in [3.05, 3.63) is 0 Å². The van der Waals surface area contributed by atoms with Crippen LogP contribution in [0.1, 0.15) is 19.3 Å². The molecule has 1 fully saturated rings. The van der Waals surface area contributed by atoms with E-state index in [0.29, 0.717) is 32.0 Å². The van der Waals surface area contributed by atoms with Crippen molar-refractivity contribution < 1.29 is 18.3 Å². The fourth-order valence-electron chi connectivity index (χ4n) is 2.66. The van der Waals surface area contributed by atoms with Gasteiger partial charge in [-0.15, -0.1) is 0 Å². The number of aliphatic hydroxyl groups is 1. The SMILES string of the molecule is NCCN1CC(CCCO)CC(NCC(F)(F)F)C1. The highest BCUT2D eigenvalue weighted by atomic mass is 19.4. The number of hydrogen-bond donors (Lipinski definition) is 3. The molecule has 1 heterocycles. The van der Waals surface area contributed by atoms with Gasteiger partial charge in [-0.25, -0.2) is 0 Å². The van der Waals surface area contributed by atoms with Crippen molar-refractivity contribution in [2.24, 2.45) is 11.7 Å². The summed E-state index contributed by atoms with van der Waals surface area (Å²) in [6.07, 6.45) is -1.89. The van der Waals surface area contributed by atoms with Crippen molar-refractivity contribution in [3.8, 4) is 0 Å². The van der Waals surface area contributed by atoms with Crippen LogP contribution < -0.4 is 11.1 Å². The van der Waals surface area contributed by atoms with Gasteiger partial charge in [0.25, 0.3) is 0 Å². The van der Waals surface area contributed by atoms with Crippen LogP contribution in [-0.4, -0.2) is 61.6 Å². The number of alkyl halides is 3. The lowest BCUT2D eigenvalue weighted by Gasteiger charge is -2.38. The first kappa shape index (κ1) is 16.7. The van der Waals surface area contributed by atoms with E-state index in [1.54, 1.807) is 0 Å². The minimum atomic E-state index is -4.17. The molecule has 0 aromatic heterocycles. The van der Waals surface area contributed by atoms with E-state index in [9.17, 15) is 13.2 Å². The fraction of sp³-hybridized carbons (Fsp3) is 1.00. The van der Waals surface area contributed by atoms with E-state index in [1.807, 2.05) is 0 Å². The number of nitrogens with two attached hydrogens (primary N) is 1. The lowest BCUT2D eigenvalue weighted by molar-refractivity contribution is -0.127. The third kappa shape index (κ3) is 7.10. The number of halogens is 3. The van der Waals surface area contributed by atoms with E-state index in [4.69, 9.17) is 10.8 Å². The van der Waals surface area contributed by atoms with Gasteiger partial charge in [0.1, 0.15) is 0 Å². The Hall–Kier alpha value is -0.370. The Morgan fingerprint density at radius 1 is 1.32 bits per heavy atom. The summed E-state index contributed by atoms with van der Waals surface area (Å²) >= 11 is 0. The van der Waals surface area contributed by atoms with Gasteiger partial charge in [-0.2, -0.15) is 13.2 Å². The van der Waals surface area contributed by atoms with Crippen molar-refractivity contribution in [1.29, 1.82) is 0 Å². The minimum absolute atomic E-state index is 0.133. The van der Waals surface area contributed by atoms with Gasteiger partial charge >= 0.3 is 6.18 Å². The van der Waals surface area contributed by atoms with Gasteiger partial charge < -0.3 is 21.1 Å². The Bertz CT molecular complexity index is 251. The highest BCUT2D eigenvalue weighted by molar-refractivity contribution is 4.84. The lowest BCUT2D eigenvalue weighted by Crippen LogP contribution is -2.52. The maximum absolute atomic E-state index is 12.2. The zero-order chi connectivity index (χ0) is 14.3. The predicted octanol–water partition coefficient (Wildman–Crippen LogP) is 0.560. The Morgan fingerprint density at radius 2 is 2.05 bits per heavy atom. The average molecular weight is 283 g/mol. The standard InChI is InChI=1S/C12H24F3N3O/c13-12(14,15)9-17-11-6-10(2-1-5-19)7-18(8-11)4-3-16/h10-11,17,19H,1-9,16H2. The third-order valence-corrected chi connectivity index (χ3v) is 3.42. The molecule has 114 valence electrons. The van der Waals surface area contributed by atoms with E-state index in [-0.39, 0.29) is 12.6 Å². The first-order valence-electron chi connectivity index (χ1n) is 6.78. The second-order valence-electron chi connectivity index (χ2n) is 5.21. The first-order valence-corrected chi connectivity index (χ1v) is 6.78. The minimum Gasteiger partial charge on any atom is -0.396 e. The molecule has 0 radical (unpaired) electrons. The molecular weight excluding hydrogens is 259 g/mol. The van der Waals surface area contributed by atoms with E-state index in [0.717, 1.165) is 19.4 Å². The summed E-state index contributed by atoms with van der Waals surface area (Å²) in [7, 11) is 0. The summed E-state index contributed by atoms with van der Waals surface area (Å²) in [6.45, 7) is 1.89. The smallest absolute Gasteiger partial charge is 0.396 e. The monoisotopic (exact) mass is 283 g/mol. The van der Waals surface area contributed by atoms with E-state index in [2.05, 4.69) is 10.2 Å². The molecule has 4 N–H and O–H groups in total. The summed E-state index contributed by atoms with van der Waals surface area (Å²) in [5.41, 5.74) is 5.51. The number of aliphatic hydroxyl groups excluding tert-OH is 1. The highest BCUT2D eigenvalue weighted by Gasteiger charge is 2.31. The number of hydrogen-bond acceptors (Lipinski definition) is 4. The Balaban J connectivity index is 2.44. The van der Waals surface area contributed by atoms with Gasteiger partial charge in [0, 0.05) is 38.8 Å². The quantitative estimate of drug-likeness (QED) is 0.639. The molecule has 4 nitrogen and oxygen atoms in total. The molecule has 7 heteroatoms. The summed E-state index contributed by atoms with van der Waals surface area (Å²) in [5.74, 6) is 0.332. The molecule has 19 heavy (non-hydrogen) atoms. The van der Waals surface area contributed by atoms with Crippen LogP contribution in [0.2, 0.25) is 0 Å². The molecule has 0 spiro atoms. The molecule has 1 aliphatic rings. The second-order valence-corrected chi connectivity index (χ2v) is 5.21. The zero-order valence-corrected chi connectivity index (χ0v) is 11.1. The number of likely N-dealkylation sites (tertiary alicyclic amines) is 1. The van der Waals surface area contributed by atoms with Crippen molar-refractivity contribution in [1.82, 2.24) is 10.2 Å². The molecule has 2 unspecified atom stereocenters. The molecule has 0 aromatic carbocycles. The first-order chi connectivity index (χ1) is 8.94. The molecule has 2 atom stereocenters. The number of rotatable bonds is 7. The van der Waals surface area contributed by atoms with Crippen molar-refractivity contribution >= 4 is 0 Å². The van der Waals surface area contributed by atoms with Gasteiger partial charge in [-0.05, 0) is 25.2 Å². The lowest BCUT2D eigenvalue weighted by atomic mass is 9.90. The Morgan fingerprint density at radius 3 is 2.63 bits per heavy atom. The van der Waals surface area contributed by atoms with E-state index in [1.165, 1.54) is 0 Å². The van der Waals surface area contributed by atoms with Gasteiger partial charge in [0.15, 0.2) is 0 Å². The average Bonchev–Trinajstić information content (AvgIpc) is 2.33. The van der Waals surface area contributed by atoms with Crippen molar-refractivity contribution in [2.45, 2.75) is 31.5 Å². The van der Waals surface area contributed by atoms with Gasteiger partial charge in [-0.3, -0.25) is 0 Å². The van der Waals surface area contributed by atoms with E-state index < -0.39 is 12.7 Å². The molecule has 0 saturated carbocycles. The number of nitrogens with one attached hydrogen (secondary N) is 1. The van der Waals surface area contributed by atoms with Crippen LogP contribution in [0.3, 0.4) is 0 Å². The van der Waals surface area contributed by atoms with E-state index >= 15 is 0 Å². The summed E-state index contributed by atoms with van der Waals surface area (Å²) in [4.78, 5) is 2.11. The van der Waals surface area contributed by atoms with Crippen molar-refractivity contribution in [3.63, 3.8) is 0 Å². The number of nitrogens with zero attached hydrogens (tertiary/aromatic N) is 1. The maximum Gasteiger partial charge on any atom is 0.401 e. The molecule has 0 bridgehead atoms. The van der Waals surface area contributed by atoms with Crippen LogP contribution in [0.15, 0.2) is 0 Å². The largest absolute Gasteiger partial charge is 0.401 e. The Kier molecular flexibility index (Phi) is 7.06. The predicted molar refractivity (Wildman–Crippen MR) is 67.8 cm³/mol. The van der Waals surface area contributed by atoms with Crippen LogP contribution >= 0.6 is 0 Å². The Labute approximate surface area is 112 Å². The molecule has 0 aromatic rings. The fourth-order valence-corrected chi connectivity index (χ4v) is 2.66. The molecule has 1 rings (SSSR count). The molecule has 1 saturated heterocycles. The number of piperidine rings is 1. The summed E-state index contributed by atoms with van der Waals surface area (Å²) in [5, 5.41) is 11.4. The topological polar surface area (TPSA) is 61.5 Å². The van der Waals surface area contributed by atoms with Crippen LogP contribution in [0.25, 0.3) is 0 Å².